The van der Waals surface area contributed by atoms with Crippen LogP contribution in [-0.2, 0) is 6.18 Å². The molecule has 1 saturated heterocycles. The lowest BCUT2D eigenvalue weighted by Crippen LogP contribution is -2.45. The van der Waals surface area contributed by atoms with Gasteiger partial charge in [-0.15, -0.1) is 12.4 Å². The van der Waals surface area contributed by atoms with Crippen molar-refractivity contribution in [3.05, 3.63) is 34.3 Å². The summed E-state index contributed by atoms with van der Waals surface area (Å²) in [4.78, 5) is 2.35. The second kappa shape index (κ2) is 9.85. The van der Waals surface area contributed by atoms with E-state index in [2.05, 4.69) is 17.1 Å². The van der Waals surface area contributed by atoms with E-state index in [1.54, 1.807) is 6.07 Å². The number of rotatable bonds is 6. The van der Waals surface area contributed by atoms with Crippen LogP contribution < -0.4 is 5.32 Å². The molecule has 138 valence electrons. The molecule has 1 heterocycles. The normalized spacial score (nSPS) is 17.4. The third-order valence-electron chi connectivity index (χ3n) is 4.36. The van der Waals surface area contributed by atoms with Crippen molar-refractivity contribution in [2.75, 3.05) is 26.2 Å². The summed E-state index contributed by atoms with van der Waals surface area (Å²) in [5.41, 5.74) is 0.136. The number of nitrogens with one attached hydrogen (secondary N) is 1. The van der Waals surface area contributed by atoms with Gasteiger partial charge in [0, 0.05) is 32.2 Å². The molecular weight excluding hydrogens is 360 g/mol. The van der Waals surface area contributed by atoms with E-state index >= 15 is 0 Å². The molecule has 2 nitrogen and oxygen atoms in total. The maximum atomic E-state index is 12.9. The molecular formula is C17H25Cl2F3N2. The second-order valence-corrected chi connectivity index (χ2v) is 6.44. The number of unbranched alkanes of at least 4 members (excludes halogenated alkanes) is 2. The highest BCUT2D eigenvalue weighted by atomic mass is 35.5. The Kier molecular flexibility index (Phi) is 8.85. The summed E-state index contributed by atoms with van der Waals surface area (Å²) < 4.78 is 38.6. The lowest BCUT2D eigenvalue weighted by molar-refractivity contribution is -0.137. The zero-order valence-corrected chi connectivity index (χ0v) is 15.4. The minimum absolute atomic E-state index is 0. The fourth-order valence-electron chi connectivity index (χ4n) is 3.11. The van der Waals surface area contributed by atoms with Crippen LogP contribution in [0.25, 0.3) is 0 Å². The first-order chi connectivity index (χ1) is 10.9. The molecule has 0 bridgehead atoms. The summed E-state index contributed by atoms with van der Waals surface area (Å²) in [5.74, 6) is 0. The van der Waals surface area contributed by atoms with E-state index in [0.717, 1.165) is 63.5 Å². The van der Waals surface area contributed by atoms with Crippen LogP contribution in [0.1, 0.15) is 49.8 Å². The third-order valence-corrected chi connectivity index (χ3v) is 4.67. The fraction of sp³-hybridized carbons (Fsp3) is 0.647. The number of halogens is 5. The molecule has 24 heavy (non-hydrogen) atoms. The Morgan fingerprint density at radius 1 is 1.21 bits per heavy atom. The van der Waals surface area contributed by atoms with E-state index in [1.165, 1.54) is 6.07 Å². The summed E-state index contributed by atoms with van der Waals surface area (Å²) in [5, 5.41) is 3.11. The average Bonchev–Trinajstić information content (AvgIpc) is 2.51. The number of benzene rings is 1. The second-order valence-electron chi connectivity index (χ2n) is 6.03. The standard InChI is InChI=1S/C17H24ClF3N2.ClH/c1-2-3-4-5-16(23-10-8-22-9-11-23)13-6-7-14(15(18)12-13)17(19,20)21;/h6-7,12,16,22H,2-5,8-11H2,1H3;1H/t16-;/m0./s1. The van der Waals surface area contributed by atoms with Crippen LogP contribution in [0.4, 0.5) is 13.2 Å². The molecule has 7 heteroatoms. The van der Waals surface area contributed by atoms with Crippen LogP contribution in [0.3, 0.4) is 0 Å². The van der Waals surface area contributed by atoms with Gasteiger partial charge in [-0.05, 0) is 24.1 Å². The van der Waals surface area contributed by atoms with Gasteiger partial charge in [0.25, 0.3) is 0 Å². The van der Waals surface area contributed by atoms with Crippen molar-refractivity contribution >= 4 is 24.0 Å². The molecule has 0 radical (unpaired) electrons. The van der Waals surface area contributed by atoms with Crippen LogP contribution in [-0.4, -0.2) is 31.1 Å². The maximum absolute atomic E-state index is 12.9. The van der Waals surface area contributed by atoms with E-state index < -0.39 is 11.7 Å². The zero-order valence-electron chi connectivity index (χ0n) is 13.8. The summed E-state index contributed by atoms with van der Waals surface area (Å²) in [6, 6.07) is 4.35. The van der Waals surface area contributed by atoms with Gasteiger partial charge in [-0.25, -0.2) is 0 Å². The Morgan fingerprint density at radius 3 is 2.42 bits per heavy atom. The first-order valence-corrected chi connectivity index (χ1v) is 8.62. The van der Waals surface area contributed by atoms with E-state index in [1.807, 2.05) is 0 Å². The summed E-state index contributed by atoms with van der Waals surface area (Å²) >= 11 is 5.91. The summed E-state index contributed by atoms with van der Waals surface area (Å²) in [6.07, 6.45) is -0.110. The van der Waals surface area contributed by atoms with E-state index in [0.29, 0.717) is 0 Å². The van der Waals surface area contributed by atoms with Crippen LogP contribution in [0.5, 0.6) is 0 Å². The van der Waals surface area contributed by atoms with E-state index in [9.17, 15) is 13.2 Å². The molecule has 0 aliphatic carbocycles. The summed E-state index contributed by atoms with van der Waals surface area (Å²) in [6.45, 7) is 5.80. The van der Waals surface area contributed by atoms with Crippen molar-refractivity contribution in [3.8, 4) is 0 Å². The van der Waals surface area contributed by atoms with Crippen molar-refractivity contribution in [2.45, 2.75) is 44.8 Å². The molecule has 1 aliphatic rings. The maximum Gasteiger partial charge on any atom is 0.417 e. The van der Waals surface area contributed by atoms with Gasteiger partial charge in [-0.1, -0.05) is 43.9 Å². The van der Waals surface area contributed by atoms with Crippen LogP contribution in [0.15, 0.2) is 18.2 Å². The number of hydrogen-bond acceptors (Lipinski definition) is 2. The van der Waals surface area contributed by atoms with Gasteiger partial charge in [-0.2, -0.15) is 13.2 Å². The molecule has 1 aliphatic heterocycles. The van der Waals surface area contributed by atoms with Crippen molar-refractivity contribution in [3.63, 3.8) is 0 Å². The zero-order chi connectivity index (χ0) is 16.9. The predicted molar refractivity (Wildman–Crippen MR) is 95.0 cm³/mol. The summed E-state index contributed by atoms with van der Waals surface area (Å²) in [7, 11) is 0. The molecule has 1 fully saturated rings. The molecule has 0 unspecified atom stereocenters. The van der Waals surface area contributed by atoms with Crippen LogP contribution in [0.2, 0.25) is 5.02 Å². The van der Waals surface area contributed by atoms with Crippen molar-refractivity contribution in [2.24, 2.45) is 0 Å². The Hall–Kier alpha value is -0.490. The van der Waals surface area contributed by atoms with Gasteiger partial charge in [0.05, 0.1) is 10.6 Å². The molecule has 0 amide bonds. The Labute approximate surface area is 153 Å². The molecule has 0 aromatic heterocycles. The molecule has 1 atom stereocenters. The Bertz CT molecular complexity index is 503. The smallest absolute Gasteiger partial charge is 0.314 e. The van der Waals surface area contributed by atoms with Gasteiger partial charge >= 0.3 is 6.18 Å². The van der Waals surface area contributed by atoms with Gasteiger partial charge in [-0.3, -0.25) is 4.90 Å². The first-order valence-electron chi connectivity index (χ1n) is 8.25. The SMILES string of the molecule is CCCCC[C@@H](c1ccc(C(F)(F)F)c(Cl)c1)N1CCNCC1.Cl. The van der Waals surface area contributed by atoms with Gasteiger partial charge < -0.3 is 5.32 Å². The van der Waals surface area contributed by atoms with Crippen molar-refractivity contribution in [1.82, 2.24) is 10.2 Å². The minimum Gasteiger partial charge on any atom is -0.314 e. The largest absolute Gasteiger partial charge is 0.417 e. The topological polar surface area (TPSA) is 15.3 Å². The highest BCUT2D eigenvalue weighted by Gasteiger charge is 2.33. The van der Waals surface area contributed by atoms with Gasteiger partial charge in [0.2, 0.25) is 0 Å². The average molecular weight is 385 g/mol. The van der Waals surface area contributed by atoms with E-state index in [4.69, 9.17) is 11.6 Å². The predicted octanol–water partition coefficient (Wildman–Crippen LogP) is 5.31. The van der Waals surface area contributed by atoms with Crippen LogP contribution >= 0.6 is 24.0 Å². The highest BCUT2D eigenvalue weighted by molar-refractivity contribution is 6.31. The number of hydrogen-bond donors (Lipinski definition) is 1. The van der Waals surface area contributed by atoms with Gasteiger partial charge in [0.1, 0.15) is 0 Å². The lowest BCUT2D eigenvalue weighted by atomic mass is 9.97. The number of piperazine rings is 1. The van der Waals surface area contributed by atoms with Gasteiger partial charge in [0.15, 0.2) is 0 Å². The van der Waals surface area contributed by atoms with E-state index in [-0.39, 0.29) is 23.5 Å². The molecule has 1 aromatic carbocycles. The molecule has 1 N–H and O–H groups in total. The third kappa shape index (κ3) is 5.80. The molecule has 0 spiro atoms. The number of nitrogens with zero attached hydrogens (tertiary/aromatic N) is 1. The monoisotopic (exact) mass is 384 g/mol. The molecule has 1 aromatic rings. The van der Waals surface area contributed by atoms with Crippen molar-refractivity contribution in [1.29, 1.82) is 0 Å². The van der Waals surface area contributed by atoms with Crippen molar-refractivity contribution < 1.29 is 13.2 Å². The molecule has 0 saturated carbocycles. The fourth-order valence-corrected chi connectivity index (χ4v) is 3.41. The first kappa shape index (κ1) is 21.6. The quantitative estimate of drug-likeness (QED) is 0.668. The Balaban J connectivity index is 0.00000288. The molecule has 2 rings (SSSR count). The minimum atomic E-state index is -4.40. The Morgan fingerprint density at radius 2 is 1.88 bits per heavy atom. The highest BCUT2D eigenvalue weighted by Crippen LogP contribution is 2.37. The number of alkyl halides is 3. The van der Waals surface area contributed by atoms with Crippen LogP contribution in [0, 0.1) is 0 Å². The lowest BCUT2D eigenvalue weighted by Gasteiger charge is -2.35.